The summed E-state index contributed by atoms with van der Waals surface area (Å²) < 4.78 is 17.2. The highest BCUT2D eigenvalue weighted by Crippen LogP contribution is 2.29. The van der Waals surface area contributed by atoms with Crippen molar-refractivity contribution in [2.45, 2.75) is 31.9 Å². The topological polar surface area (TPSA) is 54.4 Å². The zero-order valence-electron chi connectivity index (χ0n) is 19.5. The first-order valence-corrected chi connectivity index (χ1v) is 12.2. The summed E-state index contributed by atoms with van der Waals surface area (Å²) in [6, 6.07) is 14.0. The fourth-order valence-electron chi connectivity index (χ4n) is 4.46. The number of rotatable bonds is 9. The SMILES string of the molecule is Cc1ccc(Cl)c(OC[C@]2(O)CCCN(Cc3ccc(OCCN4CCOCC4)cc3)C2)c1. The molecule has 7 heteroatoms. The normalized spacial score (nSPS) is 22.3. The molecule has 180 valence electrons. The van der Waals surface area contributed by atoms with Gasteiger partial charge in [-0.1, -0.05) is 29.8 Å². The molecule has 6 nitrogen and oxygen atoms in total. The van der Waals surface area contributed by atoms with Crippen molar-refractivity contribution in [3.63, 3.8) is 0 Å². The minimum atomic E-state index is -0.881. The Bertz CT molecular complexity index is 888. The highest BCUT2D eigenvalue weighted by atomic mass is 35.5. The second kappa shape index (κ2) is 11.5. The summed E-state index contributed by atoms with van der Waals surface area (Å²) in [7, 11) is 0. The number of hydrogen-bond acceptors (Lipinski definition) is 6. The lowest BCUT2D eigenvalue weighted by Gasteiger charge is -2.39. The number of aryl methyl sites for hydroxylation is 1. The summed E-state index contributed by atoms with van der Waals surface area (Å²) in [5.41, 5.74) is 1.41. The van der Waals surface area contributed by atoms with E-state index in [-0.39, 0.29) is 6.61 Å². The van der Waals surface area contributed by atoms with Gasteiger partial charge in [-0.15, -0.1) is 0 Å². The first-order valence-electron chi connectivity index (χ1n) is 11.8. The minimum absolute atomic E-state index is 0.239. The number of morpholine rings is 1. The molecule has 0 unspecified atom stereocenters. The number of benzene rings is 2. The van der Waals surface area contributed by atoms with Crippen LogP contribution in [0.1, 0.15) is 24.0 Å². The van der Waals surface area contributed by atoms with Crippen LogP contribution < -0.4 is 9.47 Å². The van der Waals surface area contributed by atoms with Gasteiger partial charge in [-0.2, -0.15) is 0 Å². The van der Waals surface area contributed by atoms with Gasteiger partial charge in [0.05, 0.1) is 18.2 Å². The molecule has 4 rings (SSSR count). The van der Waals surface area contributed by atoms with Crippen molar-refractivity contribution in [1.82, 2.24) is 9.80 Å². The molecule has 0 amide bonds. The molecular formula is C26H35ClN2O4. The van der Waals surface area contributed by atoms with Gasteiger partial charge in [0.25, 0.3) is 0 Å². The third-order valence-corrected chi connectivity index (χ3v) is 6.64. The Kier molecular flexibility index (Phi) is 8.50. The van der Waals surface area contributed by atoms with E-state index in [1.165, 1.54) is 5.56 Å². The van der Waals surface area contributed by atoms with Gasteiger partial charge in [0.1, 0.15) is 30.3 Å². The zero-order valence-corrected chi connectivity index (χ0v) is 20.2. The van der Waals surface area contributed by atoms with Crippen LogP contribution in [0.3, 0.4) is 0 Å². The lowest BCUT2D eigenvalue weighted by Crippen LogP contribution is -2.51. The van der Waals surface area contributed by atoms with Crippen LogP contribution in [0.2, 0.25) is 5.02 Å². The van der Waals surface area contributed by atoms with E-state index in [1.54, 1.807) is 0 Å². The molecule has 2 aromatic carbocycles. The molecule has 2 aliphatic rings. The van der Waals surface area contributed by atoms with Crippen LogP contribution >= 0.6 is 11.6 Å². The first-order chi connectivity index (χ1) is 16.0. The summed E-state index contributed by atoms with van der Waals surface area (Å²) in [4.78, 5) is 4.66. The molecule has 2 aromatic rings. The minimum Gasteiger partial charge on any atom is -0.492 e. The molecule has 1 atom stereocenters. The van der Waals surface area contributed by atoms with Gasteiger partial charge in [-0.25, -0.2) is 0 Å². The molecule has 0 saturated carbocycles. The predicted octanol–water partition coefficient (Wildman–Crippen LogP) is 3.77. The molecule has 2 aliphatic heterocycles. The third kappa shape index (κ3) is 7.33. The van der Waals surface area contributed by atoms with Gasteiger partial charge < -0.3 is 19.3 Å². The van der Waals surface area contributed by atoms with E-state index in [1.807, 2.05) is 37.3 Å². The lowest BCUT2D eigenvalue weighted by molar-refractivity contribution is -0.0621. The summed E-state index contributed by atoms with van der Waals surface area (Å²) in [5, 5.41) is 11.7. The van der Waals surface area contributed by atoms with Crippen LogP contribution in [-0.4, -0.2) is 79.7 Å². The van der Waals surface area contributed by atoms with Crippen LogP contribution in [0.25, 0.3) is 0 Å². The van der Waals surface area contributed by atoms with E-state index in [0.29, 0.717) is 23.9 Å². The number of halogens is 1. The maximum Gasteiger partial charge on any atom is 0.138 e. The van der Waals surface area contributed by atoms with Gasteiger partial charge in [0.2, 0.25) is 0 Å². The second-order valence-corrected chi connectivity index (χ2v) is 9.61. The summed E-state index contributed by atoms with van der Waals surface area (Å²) in [6.45, 7) is 9.76. The van der Waals surface area contributed by atoms with Crippen molar-refractivity contribution in [2.75, 3.05) is 59.2 Å². The van der Waals surface area contributed by atoms with E-state index in [0.717, 1.165) is 70.1 Å². The van der Waals surface area contributed by atoms with Crippen LogP contribution in [-0.2, 0) is 11.3 Å². The second-order valence-electron chi connectivity index (χ2n) is 9.21. The van der Waals surface area contributed by atoms with Crippen molar-refractivity contribution >= 4 is 11.6 Å². The quantitative estimate of drug-likeness (QED) is 0.597. The average Bonchev–Trinajstić information content (AvgIpc) is 2.82. The first kappa shape index (κ1) is 24.3. The fraction of sp³-hybridized carbons (Fsp3) is 0.538. The molecular weight excluding hydrogens is 440 g/mol. The van der Waals surface area contributed by atoms with Gasteiger partial charge in [-0.05, 0) is 61.7 Å². The number of piperidine rings is 1. The summed E-state index contributed by atoms with van der Waals surface area (Å²) in [5.74, 6) is 1.53. The molecule has 0 radical (unpaired) electrons. The lowest BCUT2D eigenvalue weighted by atomic mass is 9.93. The molecule has 0 aromatic heterocycles. The Morgan fingerprint density at radius 3 is 2.61 bits per heavy atom. The number of aliphatic hydroxyl groups is 1. The maximum absolute atomic E-state index is 11.1. The number of ether oxygens (including phenoxy) is 3. The van der Waals surface area contributed by atoms with Crippen LogP contribution in [0.4, 0.5) is 0 Å². The zero-order chi connectivity index (χ0) is 23.1. The van der Waals surface area contributed by atoms with Gasteiger partial charge in [0, 0.05) is 32.7 Å². The number of likely N-dealkylation sites (tertiary alicyclic amines) is 1. The fourth-order valence-corrected chi connectivity index (χ4v) is 4.63. The molecule has 0 aliphatic carbocycles. The van der Waals surface area contributed by atoms with Crippen molar-refractivity contribution in [2.24, 2.45) is 0 Å². The van der Waals surface area contributed by atoms with E-state index in [2.05, 4.69) is 21.9 Å². The Hall–Kier alpha value is -1.83. The predicted molar refractivity (Wildman–Crippen MR) is 130 cm³/mol. The molecule has 2 fully saturated rings. The van der Waals surface area contributed by atoms with Crippen molar-refractivity contribution in [1.29, 1.82) is 0 Å². The molecule has 0 spiro atoms. The Balaban J connectivity index is 1.24. The van der Waals surface area contributed by atoms with Crippen molar-refractivity contribution in [3.8, 4) is 11.5 Å². The Labute approximate surface area is 202 Å². The molecule has 2 saturated heterocycles. The number of β-amino-alcohol motifs (C(OH)–C–C–N with tert-alkyl or cyclic N) is 1. The Morgan fingerprint density at radius 2 is 1.82 bits per heavy atom. The van der Waals surface area contributed by atoms with Gasteiger partial charge >= 0.3 is 0 Å². The van der Waals surface area contributed by atoms with Crippen LogP contribution in [0, 0.1) is 6.92 Å². The number of nitrogens with zero attached hydrogens (tertiary/aromatic N) is 2. The summed E-state index contributed by atoms with van der Waals surface area (Å²) >= 11 is 6.24. The van der Waals surface area contributed by atoms with E-state index in [9.17, 15) is 5.11 Å². The highest BCUT2D eigenvalue weighted by Gasteiger charge is 2.34. The monoisotopic (exact) mass is 474 g/mol. The van der Waals surface area contributed by atoms with E-state index in [4.69, 9.17) is 25.8 Å². The van der Waals surface area contributed by atoms with Crippen molar-refractivity contribution in [3.05, 3.63) is 58.6 Å². The molecule has 2 heterocycles. The largest absolute Gasteiger partial charge is 0.492 e. The van der Waals surface area contributed by atoms with Gasteiger partial charge in [-0.3, -0.25) is 9.80 Å². The standard InChI is InChI=1S/C26H35ClN2O4/c1-21-3-8-24(27)25(17-21)33-20-26(30)9-2-10-29(19-26)18-22-4-6-23(7-5-22)32-16-13-28-11-14-31-15-12-28/h3-8,17,30H,2,9-16,18-20H2,1H3/t26-/m0/s1. The Morgan fingerprint density at radius 1 is 1.03 bits per heavy atom. The van der Waals surface area contributed by atoms with Gasteiger partial charge in [0.15, 0.2) is 0 Å². The number of hydrogen-bond donors (Lipinski definition) is 1. The summed E-state index contributed by atoms with van der Waals surface area (Å²) in [6.07, 6.45) is 1.66. The van der Waals surface area contributed by atoms with Crippen LogP contribution in [0.5, 0.6) is 11.5 Å². The van der Waals surface area contributed by atoms with Crippen LogP contribution in [0.15, 0.2) is 42.5 Å². The molecule has 0 bridgehead atoms. The van der Waals surface area contributed by atoms with E-state index >= 15 is 0 Å². The van der Waals surface area contributed by atoms with Crippen molar-refractivity contribution < 1.29 is 19.3 Å². The highest BCUT2D eigenvalue weighted by molar-refractivity contribution is 6.32. The average molecular weight is 475 g/mol. The molecule has 1 N–H and O–H groups in total. The maximum atomic E-state index is 11.1. The third-order valence-electron chi connectivity index (χ3n) is 6.33. The van der Waals surface area contributed by atoms with E-state index < -0.39 is 5.60 Å². The molecule has 33 heavy (non-hydrogen) atoms. The smallest absolute Gasteiger partial charge is 0.138 e.